The van der Waals surface area contributed by atoms with Gasteiger partial charge in [-0.3, -0.25) is 4.79 Å². The second-order valence-corrected chi connectivity index (χ2v) is 6.03. The van der Waals surface area contributed by atoms with E-state index in [9.17, 15) is 4.79 Å². The molecule has 0 fully saturated rings. The maximum absolute atomic E-state index is 12.6. The Bertz CT molecular complexity index is 476. The highest BCUT2D eigenvalue weighted by Crippen LogP contribution is 2.12. The van der Waals surface area contributed by atoms with Gasteiger partial charge in [-0.2, -0.15) is 5.26 Å². The monoisotopic (exact) mass is 272 g/mol. The quantitative estimate of drug-likeness (QED) is 0.795. The minimum atomic E-state index is 0.0622. The van der Waals surface area contributed by atoms with E-state index >= 15 is 0 Å². The van der Waals surface area contributed by atoms with E-state index in [-0.39, 0.29) is 5.91 Å². The van der Waals surface area contributed by atoms with Crippen molar-refractivity contribution in [1.29, 1.82) is 5.26 Å². The zero-order valence-electron chi connectivity index (χ0n) is 12.9. The fraction of sp³-hybridized carbons (Fsp3) is 0.529. The Morgan fingerprint density at radius 1 is 1.20 bits per heavy atom. The van der Waals surface area contributed by atoms with Crippen LogP contribution in [0.4, 0.5) is 0 Å². The van der Waals surface area contributed by atoms with Crippen LogP contribution in [-0.2, 0) is 6.42 Å². The molecule has 1 aromatic rings. The lowest BCUT2D eigenvalue weighted by molar-refractivity contribution is 0.0715. The highest BCUT2D eigenvalue weighted by atomic mass is 16.2. The molecule has 0 bridgehead atoms. The third-order valence-corrected chi connectivity index (χ3v) is 2.92. The highest BCUT2D eigenvalue weighted by Gasteiger charge is 2.18. The Morgan fingerprint density at radius 3 is 2.30 bits per heavy atom. The van der Waals surface area contributed by atoms with E-state index in [1.165, 1.54) is 0 Å². The summed E-state index contributed by atoms with van der Waals surface area (Å²) in [6.07, 6.45) is 0.343. The molecule has 0 radical (unpaired) electrons. The zero-order valence-corrected chi connectivity index (χ0v) is 12.9. The minimum Gasteiger partial charge on any atom is -0.338 e. The Balaban J connectivity index is 2.93. The Hall–Kier alpha value is -1.82. The van der Waals surface area contributed by atoms with E-state index in [4.69, 9.17) is 5.26 Å². The van der Waals surface area contributed by atoms with Crippen LogP contribution in [0.2, 0.25) is 0 Å². The molecule has 0 saturated carbocycles. The van der Waals surface area contributed by atoms with Crippen molar-refractivity contribution in [3.8, 4) is 6.07 Å². The predicted molar refractivity (Wildman–Crippen MR) is 81.3 cm³/mol. The average molecular weight is 272 g/mol. The van der Waals surface area contributed by atoms with Crippen molar-refractivity contribution in [3.63, 3.8) is 0 Å². The first-order chi connectivity index (χ1) is 9.43. The lowest BCUT2D eigenvalue weighted by Crippen LogP contribution is -2.37. The Kier molecular flexibility index (Phi) is 6.24. The van der Waals surface area contributed by atoms with Gasteiger partial charge >= 0.3 is 0 Å². The third kappa shape index (κ3) is 5.05. The minimum absolute atomic E-state index is 0.0622. The van der Waals surface area contributed by atoms with Crippen molar-refractivity contribution in [1.82, 2.24) is 4.90 Å². The van der Waals surface area contributed by atoms with Crippen molar-refractivity contribution >= 4 is 5.91 Å². The van der Waals surface area contributed by atoms with Crippen LogP contribution in [0.3, 0.4) is 0 Å². The summed E-state index contributed by atoms with van der Waals surface area (Å²) in [5, 5.41) is 8.75. The van der Waals surface area contributed by atoms with E-state index < -0.39 is 0 Å². The van der Waals surface area contributed by atoms with Crippen LogP contribution in [0, 0.1) is 23.2 Å². The molecule has 0 unspecified atom stereocenters. The van der Waals surface area contributed by atoms with Crippen molar-refractivity contribution in [2.45, 2.75) is 34.1 Å². The molecule has 108 valence electrons. The number of hydrogen-bond acceptors (Lipinski definition) is 2. The van der Waals surface area contributed by atoms with Crippen LogP contribution in [0.25, 0.3) is 0 Å². The molecular formula is C17H24N2O. The molecule has 1 rings (SSSR count). The first-order valence-electron chi connectivity index (χ1n) is 7.19. The van der Waals surface area contributed by atoms with Gasteiger partial charge in [0.05, 0.1) is 12.5 Å². The summed E-state index contributed by atoms with van der Waals surface area (Å²) in [4.78, 5) is 14.5. The summed E-state index contributed by atoms with van der Waals surface area (Å²) in [5.41, 5.74) is 1.58. The summed E-state index contributed by atoms with van der Waals surface area (Å²) >= 11 is 0. The summed E-state index contributed by atoms with van der Waals surface area (Å²) < 4.78 is 0. The molecular weight excluding hydrogens is 248 g/mol. The smallest absolute Gasteiger partial charge is 0.253 e. The van der Waals surface area contributed by atoms with Gasteiger partial charge in [0, 0.05) is 18.7 Å². The number of carbonyl (C=O) groups excluding carboxylic acids is 1. The number of benzene rings is 1. The second kappa shape index (κ2) is 7.69. The van der Waals surface area contributed by atoms with Crippen molar-refractivity contribution in [2.75, 3.05) is 13.1 Å². The van der Waals surface area contributed by atoms with E-state index in [2.05, 4.69) is 33.8 Å². The molecule has 0 N–H and O–H groups in total. The number of nitriles is 1. The van der Waals surface area contributed by atoms with Gasteiger partial charge in [-0.05, 0) is 29.5 Å². The van der Waals surface area contributed by atoms with E-state index in [0.717, 1.165) is 18.7 Å². The van der Waals surface area contributed by atoms with Gasteiger partial charge in [0.2, 0.25) is 0 Å². The van der Waals surface area contributed by atoms with Crippen LogP contribution < -0.4 is 0 Å². The fourth-order valence-electron chi connectivity index (χ4n) is 2.21. The molecule has 1 aromatic carbocycles. The van der Waals surface area contributed by atoms with Crippen molar-refractivity contribution < 1.29 is 4.79 Å². The number of nitrogens with zero attached hydrogens (tertiary/aromatic N) is 2. The molecule has 1 amide bonds. The van der Waals surface area contributed by atoms with Gasteiger partial charge < -0.3 is 4.90 Å². The summed E-state index contributed by atoms with van der Waals surface area (Å²) in [6.45, 7) is 10.00. The van der Waals surface area contributed by atoms with E-state index in [0.29, 0.717) is 23.8 Å². The van der Waals surface area contributed by atoms with Gasteiger partial charge in [-0.15, -0.1) is 0 Å². The van der Waals surface area contributed by atoms with Gasteiger partial charge in [-0.25, -0.2) is 0 Å². The van der Waals surface area contributed by atoms with Crippen molar-refractivity contribution in [3.05, 3.63) is 35.4 Å². The molecule has 0 aliphatic rings. The molecule has 0 aliphatic heterocycles. The molecule has 0 atom stereocenters. The van der Waals surface area contributed by atoms with Crippen molar-refractivity contribution in [2.24, 2.45) is 11.8 Å². The summed E-state index contributed by atoms with van der Waals surface area (Å²) in [6, 6.07) is 9.52. The maximum atomic E-state index is 12.6. The zero-order chi connectivity index (χ0) is 15.1. The number of carbonyl (C=O) groups is 1. The lowest BCUT2D eigenvalue weighted by Gasteiger charge is -2.26. The van der Waals surface area contributed by atoms with Crippen LogP contribution >= 0.6 is 0 Å². The molecule has 0 saturated heterocycles. The van der Waals surface area contributed by atoms with Crippen LogP contribution in [0.5, 0.6) is 0 Å². The molecule has 0 aliphatic carbocycles. The normalized spacial score (nSPS) is 10.7. The van der Waals surface area contributed by atoms with E-state index in [1.807, 2.05) is 29.2 Å². The Labute approximate surface area is 122 Å². The summed E-state index contributed by atoms with van der Waals surface area (Å²) in [7, 11) is 0. The first kappa shape index (κ1) is 16.2. The van der Waals surface area contributed by atoms with Gasteiger partial charge in [0.1, 0.15) is 0 Å². The van der Waals surface area contributed by atoms with Gasteiger partial charge in [-0.1, -0.05) is 39.8 Å². The predicted octanol–water partition coefficient (Wildman–Crippen LogP) is 3.51. The Morgan fingerprint density at radius 2 is 1.80 bits per heavy atom. The topological polar surface area (TPSA) is 44.1 Å². The van der Waals surface area contributed by atoms with Gasteiger partial charge in [0.25, 0.3) is 5.91 Å². The SMILES string of the molecule is CC(C)CN(CC(C)C)C(=O)c1cccc(CC#N)c1. The third-order valence-electron chi connectivity index (χ3n) is 2.92. The number of hydrogen-bond donors (Lipinski definition) is 0. The molecule has 0 aromatic heterocycles. The van der Waals surface area contributed by atoms with Crippen LogP contribution in [-0.4, -0.2) is 23.9 Å². The average Bonchev–Trinajstić information content (AvgIpc) is 2.37. The second-order valence-electron chi connectivity index (χ2n) is 6.03. The molecule has 3 nitrogen and oxygen atoms in total. The van der Waals surface area contributed by atoms with Crippen LogP contribution in [0.1, 0.15) is 43.6 Å². The van der Waals surface area contributed by atoms with Crippen LogP contribution in [0.15, 0.2) is 24.3 Å². The first-order valence-corrected chi connectivity index (χ1v) is 7.19. The molecule has 0 spiro atoms. The molecule has 3 heteroatoms. The number of amides is 1. The molecule has 20 heavy (non-hydrogen) atoms. The standard InChI is InChI=1S/C17H24N2O/c1-13(2)11-19(12-14(3)4)17(20)16-7-5-6-15(10-16)8-9-18/h5-7,10,13-14H,8,11-12H2,1-4H3. The largest absolute Gasteiger partial charge is 0.338 e. The maximum Gasteiger partial charge on any atom is 0.253 e. The summed E-state index contributed by atoms with van der Waals surface area (Å²) in [5.74, 6) is 0.951. The fourth-order valence-corrected chi connectivity index (χ4v) is 2.21. The van der Waals surface area contributed by atoms with E-state index in [1.54, 1.807) is 0 Å². The van der Waals surface area contributed by atoms with Gasteiger partial charge in [0.15, 0.2) is 0 Å². The molecule has 0 heterocycles. The lowest BCUT2D eigenvalue weighted by atomic mass is 10.1. The number of rotatable bonds is 6. The highest BCUT2D eigenvalue weighted by molar-refractivity contribution is 5.94.